The highest BCUT2D eigenvalue weighted by Gasteiger charge is 2.27. The van der Waals surface area contributed by atoms with Gasteiger partial charge in [0.15, 0.2) is 0 Å². The van der Waals surface area contributed by atoms with Gasteiger partial charge in [0.1, 0.15) is 12.3 Å². The Morgan fingerprint density at radius 2 is 1.42 bits per heavy atom. The molecule has 50 heavy (non-hydrogen) atoms. The van der Waals surface area contributed by atoms with Gasteiger partial charge in [-0.1, -0.05) is 32.0 Å². The van der Waals surface area contributed by atoms with Crippen LogP contribution in [0.4, 0.5) is 0 Å². The van der Waals surface area contributed by atoms with Crippen molar-refractivity contribution in [1.82, 2.24) is 29.9 Å². The molecular weight excluding hydrogens is 636 g/mol. The number of H-pyrrole nitrogens is 1. The van der Waals surface area contributed by atoms with Crippen LogP contribution >= 0.6 is 0 Å². The molecule has 0 saturated carbocycles. The lowest BCUT2D eigenvalue weighted by molar-refractivity contribution is -0.146. The summed E-state index contributed by atoms with van der Waals surface area (Å²) in [6.45, 7) is 8.94. The number of unbranched alkanes of at least 4 members (excludes halogenated alkanes) is 2. The number of amides is 4. The molecule has 0 spiro atoms. The van der Waals surface area contributed by atoms with Gasteiger partial charge in [-0.3, -0.25) is 19.2 Å². The molecule has 0 atom stereocenters. The van der Waals surface area contributed by atoms with Crippen LogP contribution in [0.3, 0.4) is 0 Å². The van der Waals surface area contributed by atoms with Crippen LogP contribution in [0.2, 0.25) is 0 Å². The Hall–Kier alpha value is -4.20. The van der Waals surface area contributed by atoms with Crippen LogP contribution in [-0.4, -0.2) is 120 Å². The molecule has 6 N–H and O–H groups in total. The summed E-state index contributed by atoms with van der Waals surface area (Å²) >= 11 is 0. The normalized spacial score (nSPS) is 11.2. The number of carbonyl (C=O) groups is 4. The molecule has 0 radical (unpaired) electrons. The monoisotopic (exact) mass is 694 g/mol. The fraction of sp³-hybridized carbons (Fsp3) is 0.568. The number of carbonyl (C=O) groups excluding carboxylic acids is 4. The van der Waals surface area contributed by atoms with E-state index >= 15 is 0 Å². The molecule has 3 aromatic rings. The van der Waals surface area contributed by atoms with Gasteiger partial charge in [-0.15, -0.1) is 0 Å². The average Bonchev–Trinajstić information content (AvgIpc) is 3.77. The molecular formula is C37H58N8O5. The minimum absolute atomic E-state index is 0.0459. The first kappa shape index (κ1) is 40.2. The lowest BCUT2D eigenvalue weighted by Crippen LogP contribution is -2.50. The van der Waals surface area contributed by atoms with Crippen molar-refractivity contribution in [3.05, 3.63) is 60.2 Å². The summed E-state index contributed by atoms with van der Waals surface area (Å²) in [7, 11) is 0. The molecule has 2 heterocycles. The van der Waals surface area contributed by atoms with Gasteiger partial charge in [-0.2, -0.15) is 0 Å². The molecule has 0 fully saturated rings. The van der Waals surface area contributed by atoms with Crippen molar-refractivity contribution in [3.63, 3.8) is 0 Å². The maximum absolute atomic E-state index is 13.9. The fourth-order valence-corrected chi connectivity index (χ4v) is 5.81. The summed E-state index contributed by atoms with van der Waals surface area (Å²) in [5, 5.41) is 4.39. The van der Waals surface area contributed by atoms with E-state index in [0.29, 0.717) is 77.3 Å². The van der Waals surface area contributed by atoms with Crippen molar-refractivity contribution >= 4 is 34.5 Å². The molecule has 0 saturated heterocycles. The molecule has 1 aromatic carbocycles. The predicted octanol–water partition coefficient (Wildman–Crippen LogP) is 2.56. The number of benzene rings is 1. The second-order valence-electron chi connectivity index (χ2n) is 13.1. The standard InChI is InChI=1S/C37H58N8O5/c1-4-42(24-29(2)3)35(47)26-44(20-10-8-17-39)36(48)28-45(25-31-12-11-21-50-31)37(49)27-43(19-9-7-16-38)34(46)23-40-18-15-30-22-41-33-14-6-5-13-32(30)33/h5-6,11-14,21-22,29,40-41H,4,7-10,15-20,23-28,38-39H2,1-3H3. The van der Waals surface area contributed by atoms with Crippen LogP contribution in [0.15, 0.2) is 53.3 Å². The number of hydrogen-bond acceptors (Lipinski definition) is 8. The molecule has 0 aliphatic rings. The molecule has 0 aliphatic heterocycles. The molecule has 13 nitrogen and oxygen atoms in total. The van der Waals surface area contributed by atoms with Crippen molar-refractivity contribution in [2.75, 3.05) is 72.0 Å². The first-order valence-electron chi connectivity index (χ1n) is 18.0. The fourth-order valence-electron chi connectivity index (χ4n) is 5.81. The Morgan fingerprint density at radius 1 is 0.800 bits per heavy atom. The largest absolute Gasteiger partial charge is 0.467 e. The van der Waals surface area contributed by atoms with E-state index in [1.807, 2.05) is 45.2 Å². The van der Waals surface area contributed by atoms with Gasteiger partial charge >= 0.3 is 0 Å². The second kappa shape index (κ2) is 21.8. The van der Waals surface area contributed by atoms with Crippen molar-refractivity contribution in [3.8, 4) is 0 Å². The van der Waals surface area contributed by atoms with Gasteiger partial charge in [0.2, 0.25) is 23.6 Å². The smallest absolute Gasteiger partial charge is 0.243 e. The second-order valence-corrected chi connectivity index (χ2v) is 13.1. The predicted molar refractivity (Wildman–Crippen MR) is 196 cm³/mol. The van der Waals surface area contributed by atoms with E-state index in [0.717, 1.165) is 22.9 Å². The number of aromatic nitrogens is 1. The molecule has 0 bridgehead atoms. The molecule has 3 rings (SSSR count). The van der Waals surface area contributed by atoms with Crippen LogP contribution < -0.4 is 16.8 Å². The minimum atomic E-state index is -0.391. The minimum Gasteiger partial charge on any atom is -0.467 e. The third kappa shape index (κ3) is 13.3. The highest BCUT2D eigenvalue weighted by Crippen LogP contribution is 2.17. The Morgan fingerprint density at radius 3 is 2.04 bits per heavy atom. The van der Waals surface area contributed by atoms with Gasteiger partial charge in [-0.25, -0.2) is 0 Å². The van der Waals surface area contributed by atoms with E-state index in [4.69, 9.17) is 15.9 Å². The van der Waals surface area contributed by atoms with E-state index in [1.54, 1.807) is 17.0 Å². The van der Waals surface area contributed by atoms with Crippen molar-refractivity contribution in [1.29, 1.82) is 0 Å². The van der Waals surface area contributed by atoms with E-state index in [1.165, 1.54) is 21.0 Å². The summed E-state index contributed by atoms with van der Waals surface area (Å²) in [5.74, 6) is -0.302. The number of rotatable bonds is 24. The van der Waals surface area contributed by atoms with E-state index in [2.05, 4.69) is 16.4 Å². The van der Waals surface area contributed by atoms with Gasteiger partial charge < -0.3 is 45.8 Å². The van der Waals surface area contributed by atoms with Crippen molar-refractivity contribution < 1.29 is 23.6 Å². The maximum atomic E-state index is 13.9. The summed E-state index contributed by atoms with van der Waals surface area (Å²) in [5.41, 5.74) is 13.7. The zero-order valence-corrected chi connectivity index (χ0v) is 30.2. The first-order chi connectivity index (χ1) is 24.2. The van der Waals surface area contributed by atoms with Crippen LogP contribution in [-0.2, 0) is 32.1 Å². The molecule has 13 heteroatoms. The number of nitrogens with one attached hydrogen (secondary N) is 2. The number of nitrogens with two attached hydrogens (primary N) is 2. The summed E-state index contributed by atoms with van der Waals surface area (Å²) in [4.78, 5) is 64.0. The number of likely N-dealkylation sites (N-methyl/N-ethyl adjacent to an activating group) is 1. The van der Waals surface area contributed by atoms with Crippen LogP contribution in [0.25, 0.3) is 10.9 Å². The lowest BCUT2D eigenvalue weighted by atomic mass is 10.1. The Bertz CT molecular complexity index is 1460. The summed E-state index contributed by atoms with van der Waals surface area (Å²) < 4.78 is 5.54. The molecule has 4 amide bonds. The van der Waals surface area contributed by atoms with Gasteiger partial charge in [-0.05, 0) is 88.3 Å². The van der Waals surface area contributed by atoms with E-state index in [-0.39, 0.29) is 56.4 Å². The van der Waals surface area contributed by atoms with Crippen LogP contribution in [0, 0.1) is 5.92 Å². The summed E-state index contributed by atoms with van der Waals surface area (Å²) in [6.07, 6.45) is 6.92. The molecule has 276 valence electrons. The third-order valence-electron chi connectivity index (χ3n) is 8.57. The van der Waals surface area contributed by atoms with Crippen LogP contribution in [0.5, 0.6) is 0 Å². The molecule has 0 aliphatic carbocycles. The highest BCUT2D eigenvalue weighted by molar-refractivity contribution is 5.90. The molecule has 0 unspecified atom stereocenters. The van der Waals surface area contributed by atoms with Crippen molar-refractivity contribution in [2.24, 2.45) is 17.4 Å². The van der Waals surface area contributed by atoms with Crippen LogP contribution in [0.1, 0.15) is 57.8 Å². The van der Waals surface area contributed by atoms with E-state index < -0.39 is 5.91 Å². The quantitative estimate of drug-likeness (QED) is 0.104. The Balaban J connectivity index is 1.70. The number of para-hydroxylation sites is 1. The van der Waals surface area contributed by atoms with E-state index in [9.17, 15) is 19.2 Å². The first-order valence-corrected chi connectivity index (χ1v) is 18.0. The highest BCUT2D eigenvalue weighted by atomic mass is 16.3. The topological polar surface area (TPSA) is 174 Å². The number of nitrogens with zero attached hydrogens (tertiary/aromatic N) is 4. The number of aromatic amines is 1. The summed E-state index contributed by atoms with van der Waals surface area (Å²) in [6, 6.07) is 11.5. The van der Waals surface area contributed by atoms with Gasteiger partial charge in [0.05, 0.1) is 32.4 Å². The lowest BCUT2D eigenvalue weighted by Gasteiger charge is -2.31. The zero-order chi connectivity index (χ0) is 36.3. The Labute approximate surface area is 296 Å². The number of fused-ring (bicyclic) bond motifs is 1. The Kier molecular flexibility index (Phi) is 17.5. The number of hydrogen-bond donors (Lipinski definition) is 4. The average molecular weight is 695 g/mol. The SMILES string of the molecule is CCN(CC(C)C)C(=O)CN(CCCCN)C(=O)CN(Cc1ccco1)C(=O)CN(CCCCN)C(=O)CNCCc1c[nH]c2ccccc12. The van der Waals surface area contributed by atoms with Crippen molar-refractivity contribution in [2.45, 2.75) is 59.4 Å². The number of furan rings is 1. The third-order valence-corrected chi connectivity index (χ3v) is 8.57. The van der Waals surface area contributed by atoms with Gasteiger partial charge in [0, 0.05) is 43.3 Å². The van der Waals surface area contributed by atoms with Gasteiger partial charge in [0.25, 0.3) is 0 Å². The maximum Gasteiger partial charge on any atom is 0.243 e. The zero-order valence-electron chi connectivity index (χ0n) is 30.2. The molecule has 2 aromatic heterocycles.